The van der Waals surface area contributed by atoms with Crippen LogP contribution in [0, 0.1) is 6.92 Å². The van der Waals surface area contributed by atoms with E-state index >= 15 is 0 Å². The van der Waals surface area contributed by atoms with Gasteiger partial charge in [-0.05, 0) is 13.8 Å². The summed E-state index contributed by atoms with van der Waals surface area (Å²) in [5.74, 6) is 0.655. The molecule has 0 radical (unpaired) electrons. The summed E-state index contributed by atoms with van der Waals surface area (Å²) >= 11 is 0. The Labute approximate surface area is 59.1 Å². The van der Waals surface area contributed by atoms with Gasteiger partial charge in [0.25, 0.3) is 0 Å². The number of aromatic amines is 1. The minimum Gasteiger partial charge on any atom is -0.492 e. The molecule has 4 N–H and O–H groups in total. The third kappa shape index (κ3) is 1.11. The van der Waals surface area contributed by atoms with E-state index in [0.717, 1.165) is 0 Å². The van der Waals surface area contributed by atoms with Crippen LogP contribution < -0.4 is 5.73 Å². The van der Waals surface area contributed by atoms with Crippen molar-refractivity contribution in [1.82, 2.24) is 9.97 Å². The Hall–Kier alpha value is -1.03. The van der Waals surface area contributed by atoms with Crippen molar-refractivity contribution >= 4 is 0 Å². The Morgan fingerprint density at radius 2 is 2.30 bits per heavy atom. The Kier molecular flexibility index (Phi) is 1.63. The Balaban J connectivity index is 2.98. The van der Waals surface area contributed by atoms with Crippen molar-refractivity contribution < 1.29 is 5.11 Å². The molecule has 10 heavy (non-hydrogen) atoms. The van der Waals surface area contributed by atoms with Crippen LogP contribution in [0.1, 0.15) is 24.5 Å². The van der Waals surface area contributed by atoms with Gasteiger partial charge < -0.3 is 15.8 Å². The molecule has 1 atom stereocenters. The predicted octanol–water partition coefficient (Wildman–Crippen LogP) is 0.443. The van der Waals surface area contributed by atoms with Crippen molar-refractivity contribution in [1.29, 1.82) is 0 Å². The molecule has 1 heterocycles. The number of hydrogen-bond acceptors (Lipinski definition) is 3. The lowest BCUT2D eigenvalue weighted by molar-refractivity contribution is 0.450. The summed E-state index contributed by atoms with van der Waals surface area (Å²) in [6, 6.07) is -0.153. The van der Waals surface area contributed by atoms with Crippen LogP contribution in [0.4, 0.5) is 0 Å². The van der Waals surface area contributed by atoms with Crippen molar-refractivity contribution in [2.24, 2.45) is 5.73 Å². The third-order valence-electron chi connectivity index (χ3n) is 1.31. The van der Waals surface area contributed by atoms with Gasteiger partial charge in [-0.2, -0.15) is 4.98 Å². The van der Waals surface area contributed by atoms with Crippen molar-refractivity contribution in [2.75, 3.05) is 0 Å². The molecule has 4 nitrogen and oxygen atoms in total. The molecule has 0 saturated heterocycles. The predicted molar refractivity (Wildman–Crippen MR) is 37.6 cm³/mol. The number of aryl methyl sites for hydroxylation is 1. The number of H-pyrrole nitrogens is 1. The van der Waals surface area contributed by atoms with Gasteiger partial charge in [0.1, 0.15) is 5.82 Å². The fraction of sp³-hybridized carbons (Fsp3) is 0.500. The monoisotopic (exact) mass is 141 g/mol. The van der Waals surface area contributed by atoms with Crippen molar-refractivity contribution in [3.63, 3.8) is 0 Å². The van der Waals surface area contributed by atoms with Gasteiger partial charge in [0.2, 0.25) is 5.88 Å². The zero-order valence-corrected chi connectivity index (χ0v) is 6.05. The lowest BCUT2D eigenvalue weighted by atomic mass is 10.3. The molecule has 1 unspecified atom stereocenters. The molecule has 0 amide bonds. The Morgan fingerprint density at radius 3 is 2.50 bits per heavy atom. The van der Waals surface area contributed by atoms with Gasteiger partial charge in [0.15, 0.2) is 0 Å². The van der Waals surface area contributed by atoms with E-state index in [9.17, 15) is 0 Å². The molecule has 4 heteroatoms. The molecule has 0 aromatic carbocycles. The number of nitrogens with zero attached hydrogens (tertiary/aromatic N) is 1. The number of aromatic nitrogens is 2. The Morgan fingerprint density at radius 1 is 1.70 bits per heavy atom. The topological polar surface area (TPSA) is 74.9 Å². The largest absolute Gasteiger partial charge is 0.492 e. The molecule has 1 aromatic heterocycles. The molecule has 0 aliphatic carbocycles. The molecular weight excluding hydrogens is 130 g/mol. The summed E-state index contributed by atoms with van der Waals surface area (Å²) in [5, 5.41) is 8.99. The van der Waals surface area contributed by atoms with Gasteiger partial charge in [-0.25, -0.2) is 0 Å². The summed E-state index contributed by atoms with van der Waals surface area (Å²) in [6.07, 6.45) is 0. The fourth-order valence-corrected chi connectivity index (χ4v) is 0.690. The van der Waals surface area contributed by atoms with Gasteiger partial charge in [0.05, 0.1) is 11.7 Å². The molecule has 0 bridgehead atoms. The molecule has 0 spiro atoms. The number of rotatable bonds is 1. The first-order valence-corrected chi connectivity index (χ1v) is 3.12. The lowest BCUT2D eigenvalue weighted by Crippen LogP contribution is -2.06. The van der Waals surface area contributed by atoms with Crippen LogP contribution in [-0.4, -0.2) is 15.1 Å². The van der Waals surface area contributed by atoms with E-state index < -0.39 is 0 Å². The van der Waals surface area contributed by atoms with Crippen LogP contribution in [0.15, 0.2) is 0 Å². The highest BCUT2D eigenvalue weighted by Gasteiger charge is 2.06. The molecule has 1 aromatic rings. The van der Waals surface area contributed by atoms with Gasteiger partial charge in [0, 0.05) is 0 Å². The number of imidazole rings is 1. The van der Waals surface area contributed by atoms with Crippen LogP contribution >= 0.6 is 0 Å². The van der Waals surface area contributed by atoms with Crippen molar-refractivity contribution in [3.05, 3.63) is 11.5 Å². The number of aromatic hydroxyl groups is 1. The highest BCUT2D eigenvalue weighted by molar-refractivity contribution is 5.18. The number of hydrogen-bond donors (Lipinski definition) is 3. The summed E-state index contributed by atoms with van der Waals surface area (Å²) in [5.41, 5.74) is 6.15. The standard InChI is InChI=1S/C6H11N3O/c1-3(7)5-8-4(2)6(10)9-5/h3,10H,7H2,1-2H3,(H,8,9). The van der Waals surface area contributed by atoms with Crippen LogP contribution in [0.5, 0.6) is 5.88 Å². The zero-order valence-electron chi connectivity index (χ0n) is 6.05. The first-order chi connectivity index (χ1) is 4.61. The molecule has 1 rings (SSSR count). The van der Waals surface area contributed by atoms with E-state index in [1.807, 2.05) is 0 Å². The average Bonchev–Trinajstić information content (AvgIpc) is 2.13. The third-order valence-corrected chi connectivity index (χ3v) is 1.31. The molecule has 0 aliphatic rings. The number of nitrogens with one attached hydrogen (secondary N) is 1. The van der Waals surface area contributed by atoms with Gasteiger partial charge in [-0.15, -0.1) is 0 Å². The molecule has 56 valence electrons. The van der Waals surface area contributed by atoms with Gasteiger partial charge >= 0.3 is 0 Å². The lowest BCUT2D eigenvalue weighted by Gasteiger charge is -1.96. The van der Waals surface area contributed by atoms with Gasteiger partial charge in [-0.3, -0.25) is 0 Å². The van der Waals surface area contributed by atoms with E-state index in [2.05, 4.69) is 9.97 Å². The maximum absolute atomic E-state index is 8.99. The van der Waals surface area contributed by atoms with E-state index in [1.165, 1.54) is 0 Å². The molecule has 0 saturated carbocycles. The minimum absolute atomic E-state index is 0.0345. The highest BCUT2D eigenvalue weighted by atomic mass is 16.3. The van der Waals surface area contributed by atoms with Crippen LogP contribution in [-0.2, 0) is 0 Å². The summed E-state index contributed by atoms with van der Waals surface area (Å²) < 4.78 is 0. The normalized spacial score (nSPS) is 13.5. The average molecular weight is 141 g/mol. The fourth-order valence-electron chi connectivity index (χ4n) is 0.690. The summed E-state index contributed by atoms with van der Waals surface area (Å²) in [6.45, 7) is 3.55. The van der Waals surface area contributed by atoms with E-state index in [-0.39, 0.29) is 11.9 Å². The van der Waals surface area contributed by atoms with Crippen molar-refractivity contribution in [3.8, 4) is 5.88 Å². The SMILES string of the molecule is Cc1[nH]c(C(C)N)nc1O. The second kappa shape index (κ2) is 2.30. The highest BCUT2D eigenvalue weighted by Crippen LogP contribution is 2.14. The Bertz CT molecular complexity index is 209. The molecular formula is C6H11N3O. The van der Waals surface area contributed by atoms with E-state index in [0.29, 0.717) is 11.5 Å². The summed E-state index contributed by atoms with van der Waals surface area (Å²) in [7, 11) is 0. The van der Waals surface area contributed by atoms with E-state index in [1.54, 1.807) is 13.8 Å². The maximum atomic E-state index is 8.99. The van der Waals surface area contributed by atoms with E-state index in [4.69, 9.17) is 10.8 Å². The molecule has 0 fully saturated rings. The van der Waals surface area contributed by atoms with Crippen LogP contribution in [0.25, 0.3) is 0 Å². The first kappa shape index (κ1) is 7.08. The van der Waals surface area contributed by atoms with Gasteiger partial charge in [-0.1, -0.05) is 0 Å². The summed E-state index contributed by atoms with van der Waals surface area (Å²) in [4.78, 5) is 6.64. The zero-order chi connectivity index (χ0) is 7.72. The molecule has 0 aliphatic heterocycles. The van der Waals surface area contributed by atoms with Crippen LogP contribution in [0.3, 0.4) is 0 Å². The smallest absolute Gasteiger partial charge is 0.232 e. The quantitative estimate of drug-likeness (QED) is 0.531. The van der Waals surface area contributed by atoms with Crippen LogP contribution in [0.2, 0.25) is 0 Å². The second-order valence-electron chi connectivity index (χ2n) is 2.36. The second-order valence-corrected chi connectivity index (χ2v) is 2.36. The number of nitrogens with two attached hydrogens (primary N) is 1. The minimum atomic E-state index is -0.153. The maximum Gasteiger partial charge on any atom is 0.232 e. The van der Waals surface area contributed by atoms with Crippen molar-refractivity contribution in [2.45, 2.75) is 19.9 Å². The first-order valence-electron chi connectivity index (χ1n) is 3.12.